The van der Waals surface area contributed by atoms with E-state index in [1.165, 1.54) is 6.92 Å². The van der Waals surface area contributed by atoms with Crippen LogP contribution in [0.15, 0.2) is 0 Å². The molecule has 0 saturated heterocycles. The van der Waals surface area contributed by atoms with Gasteiger partial charge in [-0.3, -0.25) is 4.79 Å². The summed E-state index contributed by atoms with van der Waals surface area (Å²) >= 11 is 0. The molecule has 2 unspecified atom stereocenters. The second-order valence-electron chi connectivity index (χ2n) is 4.70. The third kappa shape index (κ3) is 4.53. The van der Waals surface area contributed by atoms with Crippen molar-refractivity contribution >= 4 is 5.91 Å². The molecule has 0 bridgehead atoms. The molecule has 17 heavy (non-hydrogen) atoms. The SMILES string of the molecule is C[C@@H](O)CNC(=O)C1CCCC(C(F)(F)F)C1. The van der Waals surface area contributed by atoms with Crippen LogP contribution in [0.25, 0.3) is 0 Å². The van der Waals surface area contributed by atoms with Gasteiger partial charge in [0.15, 0.2) is 0 Å². The summed E-state index contributed by atoms with van der Waals surface area (Å²) in [5, 5.41) is 11.5. The summed E-state index contributed by atoms with van der Waals surface area (Å²) in [5.74, 6) is -2.31. The highest BCUT2D eigenvalue weighted by Gasteiger charge is 2.43. The lowest BCUT2D eigenvalue weighted by atomic mass is 9.80. The molecule has 0 aromatic heterocycles. The summed E-state index contributed by atoms with van der Waals surface area (Å²) in [6.45, 7) is 1.60. The molecule has 100 valence electrons. The van der Waals surface area contributed by atoms with Crippen LogP contribution in [0.5, 0.6) is 0 Å². The van der Waals surface area contributed by atoms with Crippen molar-refractivity contribution in [3.05, 3.63) is 0 Å². The third-order valence-electron chi connectivity index (χ3n) is 3.08. The Labute approximate surface area is 98.4 Å². The summed E-state index contributed by atoms with van der Waals surface area (Å²) in [6.07, 6.45) is -3.97. The predicted molar refractivity (Wildman–Crippen MR) is 56.2 cm³/mol. The van der Waals surface area contributed by atoms with Gasteiger partial charge in [-0.2, -0.15) is 13.2 Å². The van der Waals surface area contributed by atoms with E-state index in [0.717, 1.165) is 0 Å². The van der Waals surface area contributed by atoms with Crippen molar-refractivity contribution in [2.24, 2.45) is 11.8 Å². The summed E-state index contributed by atoms with van der Waals surface area (Å²) in [6, 6.07) is 0. The Kier molecular flexibility index (Phi) is 4.80. The molecule has 6 heteroatoms. The van der Waals surface area contributed by atoms with Crippen molar-refractivity contribution in [2.45, 2.75) is 44.9 Å². The average molecular weight is 253 g/mol. The van der Waals surface area contributed by atoms with Crippen molar-refractivity contribution in [3.63, 3.8) is 0 Å². The normalized spacial score (nSPS) is 27.6. The van der Waals surface area contributed by atoms with Gasteiger partial charge < -0.3 is 10.4 Å². The minimum atomic E-state index is -4.21. The zero-order valence-corrected chi connectivity index (χ0v) is 9.76. The van der Waals surface area contributed by atoms with E-state index in [2.05, 4.69) is 5.32 Å². The number of nitrogens with one attached hydrogen (secondary N) is 1. The number of hydrogen-bond acceptors (Lipinski definition) is 2. The zero-order chi connectivity index (χ0) is 13.1. The molecule has 0 spiro atoms. The van der Waals surface area contributed by atoms with Crippen LogP contribution in [0.3, 0.4) is 0 Å². The molecule has 3 atom stereocenters. The molecule has 1 aliphatic rings. The Hall–Kier alpha value is -0.780. The number of amides is 1. The molecule has 1 saturated carbocycles. The second-order valence-corrected chi connectivity index (χ2v) is 4.70. The van der Waals surface area contributed by atoms with Crippen molar-refractivity contribution in [1.29, 1.82) is 0 Å². The van der Waals surface area contributed by atoms with E-state index in [1.54, 1.807) is 0 Å². The van der Waals surface area contributed by atoms with E-state index in [-0.39, 0.29) is 25.3 Å². The van der Waals surface area contributed by atoms with Gasteiger partial charge in [0.2, 0.25) is 5.91 Å². The molecule has 1 fully saturated rings. The van der Waals surface area contributed by atoms with E-state index >= 15 is 0 Å². The van der Waals surface area contributed by atoms with E-state index in [1.807, 2.05) is 0 Å². The topological polar surface area (TPSA) is 49.3 Å². The van der Waals surface area contributed by atoms with Crippen molar-refractivity contribution in [1.82, 2.24) is 5.32 Å². The highest BCUT2D eigenvalue weighted by molar-refractivity contribution is 5.78. The highest BCUT2D eigenvalue weighted by atomic mass is 19.4. The molecule has 0 radical (unpaired) electrons. The minimum Gasteiger partial charge on any atom is -0.392 e. The van der Waals surface area contributed by atoms with Crippen LogP contribution >= 0.6 is 0 Å². The number of aliphatic hydroxyl groups excluding tert-OH is 1. The quantitative estimate of drug-likeness (QED) is 0.806. The molecule has 0 heterocycles. The molecule has 1 aliphatic carbocycles. The van der Waals surface area contributed by atoms with Crippen LogP contribution < -0.4 is 5.32 Å². The highest BCUT2D eigenvalue weighted by Crippen LogP contribution is 2.39. The van der Waals surface area contributed by atoms with Crippen LogP contribution in [0, 0.1) is 11.8 Å². The van der Waals surface area contributed by atoms with Gasteiger partial charge in [-0.25, -0.2) is 0 Å². The summed E-state index contributed by atoms with van der Waals surface area (Å²) in [4.78, 5) is 11.6. The average Bonchev–Trinajstić information content (AvgIpc) is 2.25. The van der Waals surface area contributed by atoms with Crippen LogP contribution in [0.1, 0.15) is 32.6 Å². The monoisotopic (exact) mass is 253 g/mol. The van der Waals surface area contributed by atoms with Crippen LogP contribution in [0.4, 0.5) is 13.2 Å². The van der Waals surface area contributed by atoms with Gasteiger partial charge in [-0.05, 0) is 26.2 Å². The van der Waals surface area contributed by atoms with Crippen LogP contribution in [0.2, 0.25) is 0 Å². The second kappa shape index (κ2) is 5.71. The fraction of sp³-hybridized carbons (Fsp3) is 0.909. The number of carbonyl (C=O) groups excluding carboxylic acids is 1. The number of rotatable bonds is 3. The van der Waals surface area contributed by atoms with Gasteiger partial charge in [0.05, 0.1) is 12.0 Å². The van der Waals surface area contributed by atoms with Gasteiger partial charge >= 0.3 is 6.18 Å². The predicted octanol–water partition coefficient (Wildman–Crippen LogP) is 1.85. The van der Waals surface area contributed by atoms with Crippen LogP contribution in [-0.2, 0) is 4.79 Å². The molecular weight excluding hydrogens is 235 g/mol. The van der Waals surface area contributed by atoms with Gasteiger partial charge in [0, 0.05) is 12.5 Å². The maximum Gasteiger partial charge on any atom is 0.391 e. The van der Waals surface area contributed by atoms with Gasteiger partial charge in [0.1, 0.15) is 0 Å². The molecule has 0 aromatic carbocycles. The van der Waals surface area contributed by atoms with E-state index in [0.29, 0.717) is 12.8 Å². The Balaban J connectivity index is 2.46. The summed E-state index contributed by atoms with van der Waals surface area (Å²) < 4.78 is 37.6. The van der Waals surface area contributed by atoms with Crippen molar-refractivity contribution in [3.8, 4) is 0 Å². The lowest BCUT2D eigenvalue weighted by Crippen LogP contribution is -2.39. The molecule has 3 nitrogen and oxygen atoms in total. The summed E-state index contributed by atoms with van der Waals surface area (Å²) in [5.41, 5.74) is 0. The zero-order valence-electron chi connectivity index (χ0n) is 9.76. The van der Waals surface area contributed by atoms with Crippen LogP contribution in [-0.4, -0.2) is 29.8 Å². The number of carbonyl (C=O) groups is 1. The number of halogens is 3. The van der Waals surface area contributed by atoms with Crippen molar-refractivity contribution < 1.29 is 23.1 Å². The Morgan fingerprint density at radius 2 is 2.12 bits per heavy atom. The standard InChI is InChI=1S/C11H18F3NO2/c1-7(16)6-15-10(17)8-3-2-4-9(5-8)11(12,13)14/h7-9,16H,2-6H2,1H3,(H,15,17)/t7-,8?,9?/m1/s1. The molecule has 1 rings (SSSR count). The maximum absolute atomic E-state index is 12.5. The molecule has 0 aromatic rings. The molecular formula is C11H18F3NO2. The molecule has 2 N–H and O–H groups in total. The fourth-order valence-corrected chi connectivity index (χ4v) is 2.12. The number of hydrogen-bond donors (Lipinski definition) is 2. The Bertz CT molecular complexity index is 266. The smallest absolute Gasteiger partial charge is 0.391 e. The van der Waals surface area contributed by atoms with E-state index in [4.69, 9.17) is 5.11 Å². The fourth-order valence-electron chi connectivity index (χ4n) is 2.12. The molecule has 0 aliphatic heterocycles. The lowest BCUT2D eigenvalue weighted by Gasteiger charge is -2.29. The number of alkyl halides is 3. The first-order valence-electron chi connectivity index (χ1n) is 5.83. The Morgan fingerprint density at radius 1 is 1.47 bits per heavy atom. The number of aliphatic hydroxyl groups is 1. The first-order valence-corrected chi connectivity index (χ1v) is 5.83. The van der Waals surface area contributed by atoms with Gasteiger partial charge in [0.25, 0.3) is 0 Å². The lowest BCUT2D eigenvalue weighted by molar-refractivity contribution is -0.186. The van der Waals surface area contributed by atoms with Gasteiger partial charge in [-0.15, -0.1) is 0 Å². The van der Waals surface area contributed by atoms with Crippen molar-refractivity contribution in [2.75, 3.05) is 6.54 Å². The largest absolute Gasteiger partial charge is 0.392 e. The third-order valence-corrected chi connectivity index (χ3v) is 3.08. The van der Waals surface area contributed by atoms with E-state index in [9.17, 15) is 18.0 Å². The minimum absolute atomic E-state index is 0.0893. The molecule has 1 amide bonds. The first kappa shape index (κ1) is 14.3. The van der Waals surface area contributed by atoms with Gasteiger partial charge in [-0.1, -0.05) is 6.42 Å². The first-order chi connectivity index (χ1) is 7.80. The Morgan fingerprint density at radius 3 is 2.65 bits per heavy atom. The van der Waals surface area contributed by atoms with E-state index < -0.39 is 24.1 Å². The summed E-state index contributed by atoms with van der Waals surface area (Å²) in [7, 11) is 0. The maximum atomic E-state index is 12.5.